The number of rotatable bonds is 2. The van der Waals surface area contributed by atoms with Crippen LogP contribution in [0.3, 0.4) is 0 Å². The molecule has 1 saturated heterocycles. The molecule has 1 heterocycles. The fraction of sp³-hybridized carbons (Fsp3) is 0.500. The van der Waals surface area contributed by atoms with Crippen LogP contribution in [-0.2, 0) is 6.54 Å². The Morgan fingerprint density at radius 2 is 1.67 bits per heavy atom. The van der Waals surface area contributed by atoms with Crippen LogP contribution < -0.4 is 5.32 Å². The van der Waals surface area contributed by atoms with Gasteiger partial charge in [0.25, 0.3) is 0 Å². The molecule has 0 unspecified atom stereocenters. The summed E-state index contributed by atoms with van der Waals surface area (Å²) < 4.78 is 0. The molecule has 0 aromatic heterocycles. The van der Waals surface area contributed by atoms with Crippen LogP contribution in [-0.4, -0.2) is 21.1 Å². The number of thiocarbonyl (C=S) groups is 1. The van der Waals surface area contributed by atoms with Crippen molar-refractivity contribution in [3.63, 3.8) is 0 Å². The molecule has 0 amide bonds. The van der Waals surface area contributed by atoms with Crippen LogP contribution in [0.5, 0.6) is 0 Å². The zero-order valence-electron chi connectivity index (χ0n) is 11.4. The third-order valence-corrected chi connectivity index (χ3v) is 4.11. The van der Waals surface area contributed by atoms with Gasteiger partial charge in [-0.1, -0.05) is 42.5 Å². The van der Waals surface area contributed by atoms with Crippen molar-refractivity contribution in [2.75, 3.05) is 0 Å². The molecule has 1 aromatic carbocycles. The summed E-state index contributed by atoms with van der Waals surface area (Å²) in [5, 5.41) is 3.41. The van der Waals surface area contributed by atoms with Gasteiger partial charge in [-0.15, -0.1) is 12.4 Å². The van der Waals surface area contributed by atoms with Crippen LogP contribution in [0.2, 0.25) is 0 Å². The molecule has 2 nitrogen and oxygen atoms in total. The van der Waals surface area contributed by atoms with Gasteiger partial charge in [0.1, 0.15) is 0 Å². The minimum Gasteiger partial charge on any atom is -0.361 e. The van der Waals surface area contributed by atoms with Crippen molar-refractivity contribution in [3.05, 3.63) is 35.9 Å². The van der Waals surface area contributed by atoms with Crippen LogP contribution in [0, 0.1) is 0 Å². The van der Waals surface area contributed by atoms with Crippen molar-refractivity contribution in [1.29, 1.82) is 0 Å². The van der Waals surface area contributed by atoms with Crippen molar-refractivity contribution in [2.24, 2.45) is 0 Å². The standard InChI is InChI=1S/C14H20N2S.ClH/c1-13(2)12(17)15-14(3,4)16(13)10-11-8-6-5-7-9-11;/h5-9H,10H2,1-4H3,(H,15,17);1H. The number of nitrogens with zero attached hydrogens (tertiary/aromatic N) is 1. The lowest BCUT2D eigenvalue weighted by molar-refractivity contribution is 0.0722. The monoisotopic (exact) mass is 284 g/mol. The summed E-state index contributed by atoms with van der Waals surface area (Å²) in [5.41, 5.74) is 1.14. The zero-order chi connectivity index (χ0) is 12.7. The number of halogens is 1. The lowest BCUT2D eigenvalue weighted by Crippen LogP contribution is -2.50. The highest BCUT2D eigenvalue weighted by Gasteiger charge is 2.47. The minimum atomic E-state index is -0.0886. The topological polar surface area (TPSA) is 15.3 Å². The molecule has 1 aromatic rings. The van der Waals surface area contributed by atoms with E-state index in [4.69, 9.17) is 12.2 Å². The summed E-state index contributed by atoms with van der Waals surface area (Å²) in [5.74, 6) is 0. The Morgan fingerprint density at radius 1 is 1.11 bits per heavy atom. The highest BCUT2D eigenvalue weighted by atomic mass is 35.5. The van der Waals surface area contributed by atoms with Gasteiger partial charge in [-0.3, -0.25) is 4.90 Å². The molecule has 0 spiro atoms. The Bertz CT molecular complexity index is 429. The van der Waals surface area contributed by atoms with Crippen LogP contribution >= 0.6 is 24.6 Å². The average molecular weight is 285 g/mol. The molecular formula is C14H21ClN2S. The summed E-state index contributed by atoms with van der Waals surface area (Å²) >= 11 is 5.44. The first-order valence-corrected chi connectivity index (χ1v) is 6.39. The summed E-state index contributed by atoms with van der Waals surface area (Å²) in [6, 6.07) is 10.5. The van der Waals surface area contributed by atoms with Gasteiger partial charge in [-0.2, -0.15) is 0 Å². The van der Waals surface area contributed by atoms with Gasteiger partial charge in [0, 0.05) is 6.54 Å². The van der Waals surface area contributed by atoms with Crippen molar-refractivity contribution < 1.29 is 0 Å². The fourth-order valence-corrected chi connectivity index (χ4v) is 2.84. The Labute approximate surface area is 121 Å². The normalized spacial score (nSPS) is 21.2. The molecular weight excluding hydrogens is 264 g/mol. The summed E-state index contributed by atoms with van der Waals surface area (Å²) in [7, 11) is 0. The molecule has 0 atom stereocenters. The smallest absolute Gasteiger partial charge is 0.0969 e. The molecule has 100 valence electrons. The predicted octanol–water partition coefficient (Wildman–Crippen LogP) is 3.36. The second-order valence-corrected chi connectivity index (χ2v) is 6.05. The van der Waals surface area contributed by atoms with Crippen molar-refractivity contribution in [2.45, 2.75) is 45.4 Å². The van der Waals surface area contributed by atoms with Crippen LogP contribution in [0.15, 0.2) is 30.3 Å². The molecule has 0 aliphatic carbocycles. The first kappa shape index (κ1) is 15.4. The second kappa shape index (κ2) is 5.16. The van der Waals surface area contributed by atoms with Gasteiger partial charge in [0.05, 0.1) is 16.2 Å². The van der Waals surface area contributed by atoms with Gasteiger partial charge in [0.15, 0.2) is 0 Å². The Morgan fingerprint density at radius 3 is 2.11 bits per heavy atom. The van der Waals surface area contributed by atoms with E-state index >= 15 is 0 Å². The van der Waals surface area contributed by atoms with E-state index in [2.05, 4.69) is 62.2 Å². The van der Waals surface area contributed by atoms with E-state index in [0.29, 0.717) is 0 Å². The maximum Gasteiger partial charge on any atom is 0.0969 e. The van der Waals surface area contributed by atoms with E-state index in [1.54, 1.807) is 0 Å². The SMILES string of the molecule is CC1(C)NC(=S)C(C)(C)N1Cc1ccccc1.Cl. The van der Waals surface area contributed by atoms with E-state index in [1.807, 2.05) is 6.07 Å². The molecule has 1 aliphatic heterocycles. The Balaban J connectivity index is 0.00000162. The molecule has 1 aliphatic rings. The Hall–Kier alpha value is -0.640. The number of hydrogen-bond donors (Lipinski definition) is 1. The van der Waals surface area contributed by atoms with Crippen LogP contribution in [0.4, 0.5) is 0 Å². The third-order valence-electron chi connectivity index (χ3n) is 3.51. The first-order chi connectivity index (χ1) is 7.84. The van der Waals surface area contributed by atoms with E-state index < -0.39 is 0 Å². The zero-order valence-corrected chi connectivity index (χ0v) is 13.0. The van der Waals surface area contributed by atoms with Crippen molar-refractivity contribution in [3.8, 4) is 0 Å². The lowest BCUT2D eigenvalue weighted by atomic mass is 10.0. The summed E-state index contributed by atoms with van der Waals surface area (Å²) in [6.07, 6.45) is 0. The molecule has 2 rings (SSSR count). The highest BCUT2D eigenvalue weighted by molar-refractivity contribution is 7.80. The van der Waals surface area contributed by atoms with Gasteiger partial charge in [-0.05, 0) is 33.3 Å². The average Bonchev–Trinajstić information content (AvgIpc) is 2.39. The minimum absolute atomic E-state index is 0. The summed E-state index contributed by atoms with van der Waals surface area (Å²) in [6.45, 7) is 9.63. The number of benzene rings is 1. The van der Waals surface area contributed by atoms with E-state index in [9.17, 15) is 0 Å². The van der Waals surface area contributed by atoms with Gasteiger partial charge in [0.2, 0.25) is 0 Å². The van der Waals surface area contributed by atoms with E-state index in [-0.39, 0.29) is 23.6 Å². The maximum atomic E-state index is 5.44. The number of nitrogens with one attached hydrogen (secondary N) is 1. The van der Waals surface area contributed by atoms with Crippen LogP contribution in [0.25, 0.3) is 0 Å². The van der Waals surface area contributed by atoms with E-state index in [0.717, 1.165) is 11.5 Å². The van der Waals surface area contributed by atoms with Gasteiger partial charge >= 0.3 is 0 Å². The fourth-order valence-electron chi connectivity index (χ4n) is 2.48. The molecule has 4 heteroatoms. The van der Waals surface area contributed by atoms with Crippen molar-refractivity contribution >= 4 is 29.6 Å². The predicted molar refractivity (Wildman–Crippen MR) is 83.1 cm³/mol. The third kappa shape index (κ3) is 2.68. The van der Waals surface area contributed by atoms with E-state index in [1.165, 1.54) is 5.56 Å². The highest BCUT2D eigenvalue weighted by Crippen LogP contribution is 2.33. The van der Waals surface area contributed by atoms with Crippen molar-refractivity contribution in [1.82, 2.24) is 10.2 Å². The van der Waals surface area contributed by atoms with Gasteiger partial charge in [-0.25, -0.2) is 0 Å². The number of hydrogen-bond acceptors (Lipinski definition) is 2. The first-order valence-electron chi connectivity index (χ1n) is 5.98. The molecule has 0 bridgehead atoms. The Kier molecular flexibility index (Phi) is 4.42. The quantitative estimate of drug-likeness (QED) is 0.839. The second-order valence-electron chi connectivity index (χ2n) is 5.64. The molecule has 1 fully saturated rings. The molecule has 18 heavy (non-hydrogen) atoms. The largest absolute Gasteiger partial charge is 0.361 e. The molecule has 1 N–H and O–H groups in total. The molecule has 0 radical (unpaired) electrons. The maximum absolute atomic E-state index is 5.44. The van der Waals surface area contributed by atoms with Crippen LogP contribution in [0.1, 0.15) is 33.3 Å². The molecule has 0 saturated carbocycles. The lowest BCUT2D eigenvalue weighted by Gasteiger charge is -2.38. The van der Waals surface area contributed by atoms with Gasteiger partial charge < -0.3 is 5.32 Å². The summed E-state index contributed by atoms with van der Waals surface area (Å²) in [4.78, 5) is 3.34.